The maximum atomic E-state index is 12.5. The third-order valence-corrected chi connectivity index (χ3v) is 6.17. The molecule has 0 aromatic heterocycles. The molecule has 1 saturated heterocycles. The summed E-state index contributed by atoms with van der Waals surface area (Å²) in [5.41, 5.74) is 7.75. The molecule has 1 aromatic rings. The molecule has 0 bridgehead atoms. The standard InChI is InChI=1S/C13H20N2O2S2/c1-9-7-11(14)8-10(2)13(9)19(16,17)15-12-3-5-18-6-4-12/h7-8,12,15H,3-6,14H2,1-2H3. The molecule has 106 valence electrons. The van der Waals surface area contributed by atoms with Crippen LogP contribution < -0.4 is 10.5 Å². The second kappa shape index (κ2) is 5.73. The number of benzene rings is 1. The first-order chi connectivity index (χ1) is 8.90. The third-order valence-electron chi connectivity index (χ3n) is 3.29. The molecule has 2 rings (SSSR count). The van der Waals surface area contributed by atoms with Gasteiger partial charge in [0.1, 0.15) is 0 Å². The maximum absolute atomic E-state index is 12.5. The highest BCUT2D eigenvalue weighted by atomic mass is 32.2. The zero-order valence-corrected chi connectivity index (χ0v) is 12.9. The Kier molecular flexibility index (Phi) is 4.43. The fourth-order valence-electron chi connectivity index (χ4n) is 2.50. The fraction of sp³-hybridized carbons (Fsp3) is 0.538. The van der Waals surface area contributed by atoms with Crippen molar-refractivity contribution in [1.29, 1.82) is 0 Å². The lowest BCUT2D eigenvalue weighted by Gasteiger charge is -2.23. The number of hydrogen-bond donors (Lipinski definition) is 2. The molecule has 1 heterocycles. The molecule has 6 heteroatoms. The summed E-state index contributed by atoms with van der Waals surface area (Å²) in [4.78, 5) is 0.375. The van der Waals surface area contributed by atoms with Crippen LogP contribution in [0.25, 0.3) is 0 Å². The number of nitrogens with one attached hydrogen (secondary N) is 1. The Balaban J connectivity index is 2.29. The number of nitrogens with two attached hydrogens (primary N) is 1. The normalized spacial score (nSPS) is 17.6. The molecule has 0 aliphatic carbocycles. The van der Waals surface area contributed by atoms with Gasteiger partial charge in [0.25, 0.3) is 0 Å². The highest BCUT2D eigenvalue weighted by molar-refractivity contribution is 7.99. The maximum Gasteiger partial charge on any atom is 0.241 e. The largest absolute Gasteiger partial charge is 0.399 e. The number of anilines is 1. The molecule has 1 fully saturated rings. The predicted octanol–water partition coefficient (Wildman–Crippen LogP) is 2.06. The molecule has 0 amide bonds. The van der Waals surface area contributed by atoms with Crippen molar-refractivity contribution < 1.29 is 8.42 Å². The Hall–Kier alpha value is -0.720. The SMILES string of the molecule is Cc1cc(N)cc(C)c1S(=O)(=O)NC1CCSCC1. The Labute approximate surface area is 119 Å². The Bertz CT molecular complexity index is 541. The summed E-state index contributed by atoms with van der Waals surface area (Å²) in [5.74, 6) is 2.04. The number of sulfonamides is 1. The van der Waals surface area contributed by atoms with Crippen LogP contribution in [-0.2, 0) is 10.0 Å². The molecule has 0 spiro atoms. The predicted molar refractivity (Wildman–Crippen MR) is 81.0 cm³/mol. The van der Waals surface area contributed by atoms with Crippen LogP contribution in [0.5, 0.6) is 0 Å². The molecular weight excluding hydrogens is 280 g/mol. The van der Waals surface area contributed by atoms with E-state index in [0.717, 1.165) is 24.3 Å². The van der Waals surface area contributed by atoms with Crippen LogP contribution in [0.15, 0.2) is 17.0 Å². The van der Waals surface area contributed by atoms with E-state index in [9.17, 15) is 8.42 Å². The van der Waals surface area contributed by atoms with Crippen LogP contribution in [-0.4, -0.2) is 26.0 Å². The van der Waals surface area contributed by atoms with Gasteiger partial charge in [-0.3, -0.25) is 0 Å². The van der Waals surface area contributed by atoms with Gasteiger partial charge in [0.15, 0.2) is 0 Å². The lowest BCUT2D eigenvalue weighted by molar-refractivity contribution is 0.528. The average molecular weight is 300 g/mol. The van der Waals surface area contributed by atoms with Gasteiger partial charge in [0, 0.05) is 11.7 Å². The second-order valence-electron chi connectivity index (χ2n) is 4.99. The number of nitrogen functional groups attached to an aromatic ring is 1. The van der Waals surface area contributed by atoms with Crippen LogP contribution in [0.4, 0.5) is 5.69 Å². The summed E-state index contributed by atoms with van der Waals surface area (Å²) in [7, 11) is -3.45. The van der Waals surface area contributed by atoms with Crippen LogP contribution in [0.2, 0.25) is 0 Å². The summed E-state index contributed by atoms with van der Waals surface area (Å²) < 4.78 is 27.8. The minimum atomic E-state index is -3.45. The molecular formula is C13H20N2O2S2. The second-order valence-corrected chi connectivity index (χ2v) is 7.87. The molecule has 0 unspecified atom stereocenters. The average Bonchev–Trinajstić information content (AvgIpc) is 2.27. The highest BCUT2D eigenvalue weighted by Gasteiger charge is 2.24. The van der Waals surface area contributed by atoms with Gasteiger partial charge < -0.3 is 5.73 Å². The van der Waals surface area contributed by atoms with Crippen LogP contribution in [0, 0.1) is 13.8 Å². The number of rotatable bonds is 3. The minimum absolute atomic E-state index is 0.0580. The van der Waals surface area contributed by atoms with Gasteiger partial charge in [-0.25, -0.2) is 13.1 Å². The topological polar surface area (TPSA) is 72.2 Å². The van der Waals surface area contributed by atoms with Crippen molar-refractivity contribution in [2.24, 2.45) is 0 Å². The van der Waals surface area contributed by atoms with Gasteiger partial charge >= 0.3 is 0 Å². The van der Waals surface area contributed by atoms with Gasteiger partial charge in [-0.05, 0) is 61.5 Å². The van der Waals surface area contributed by atoms with Crippen molar-refractivity contribution in [3.63, 3.8) is 0 Å². The van der Waals surface area contributed by atoms with Crippen molar-refractivity contribution in [3.8, 4) is 0 Å². The Morgan fingerprint density at radius 2 is 1.74 bits per heavy atom. The molecule has 19 heavy (non-hydrogen) atoms. The summed E-state index contributed by atoms with van der Waals surface area (Å²) in [6, 6.07) is 3.47. The van der Waals surface area contributed by atoms with Crippen molar-refractivity contribution >= 4 is 27.5 Å². The summed E-state index contributed by atoms with van der Waals surface area (Å²) in [5, 5.41) is 0. The van der Waals surface area contributed by atoms with Crippen LogP contribution in [0.1, 0.15) is 24.0 Å². The molecule has 1 aromatic carbocycles. The van der Waals surface area contributed by atoms with E-state index in [2.05, 4.69) is 4.72 Å². The fourth-order valence-corrected chi connectivity index (χ4v) is 5.37. The van der Waals surface area contributed by atoms with E-state index >= 15 is 0 Å². The van der Waals surface area contributed by atoms with E-state index in [1.54, 1.807) is 26.0 Å². The number of hydrogen-bond acceptors (Lipinski definition) is 4. The zero-order chi connectivity index (χ0) is 14.0. The number of thioether (sulfide) groups is 1. The highest BCUT2D eigenvalue weighted by Crippen LogP contribution is 2.25. The van der Waals surface area contributed by atoms with E-state index in [4.69, 9.17) is 5.73 Å². The molecule has 0 radical (unpaired) electrons. The van der Waals surface area contributed by atoms with Gasteiger partial charge in [-0.2, -0.15) is 11.8 Å². The van der Waals surface area contributed by atoms with E-state index in [-0.39, 0.29) is 6.04 Å². The zero-order valence-electron chi connectivity index (χ0n) is 11.3. The molecule has 0 saturated carbocycles. The van der Waals surface area contributed by atoms with Crippen LogP contribution in [0.3, 0.4) is 0 Å². The lowest BCUT2D eigenvalue weighted by atomic mass is 10.1. The first-order valence-corrected chi connectivity index (χ1v) is 9.01. The summed E-state index contributed by atoms with van der Waals surface area (Å²) in [6.45, 7) is 3.57. The quantitative estimate of drug-likeness (QED) is 0.838. The molecule has 1 aliphatic heterocycles. The molecule has 1 aliphatic rings. The van der Waals surface area contributed by atoms with Crippen molar-refractivity contribution in [3.05, 3.63) is 23.3 Å². The number of aryl methyl sites for hydroxylation is 2. The van der Waals surface area contributed by atoms with Crippen LogP contribution >= 0.6 is 11.8 Å². The molecule has 4 nitrogen and oxygen atoms in total. The first-order valence-electron chi connectivity index (χ1n) is 6.37. The van der Waals surface area contributed by atoms with Gasteiger partial charge in [-0.15, -0.1) is 0 Å². The monoisotopic (exact) mass is 300 g/mol. The van der Waals surface area contributed by atoms with Gasteiger partial charge in [-0.1, -0.05) is 0 Å². The van der Waals surface area contributed by atoms with E-state index in [1.807, 2.05) is 11.8 Å². The van der Waals surface area contributed by atoms with E-state index in [1.165, 1.54) is 0 Å². The molecule has 3 N–H and O–H groups in total. The van der Waals surface area contributed by atoms with Gasteiger partial charge in [0.2, 0.25) is 10.0 Å². The smallest absolute Gasteiger partial charge is 0.241 e. The first kappa shape index (κ1) is 14.7. The van der Waals surface area contributed by atoms with Crippen molar-refractivity contribution in [2.45, 2.75) is 37.6 Å². The van der Waals surface area contributed by atoms with E-state index in [0.29, 0.717) is 21.7 Å². The minimum Gasteiger partial charge on any atom is -0.399 e. The summed E-state index contributed by atoms with van der Waals surface area (Å²) in [6.07, 6.45) is 1.80. The molecule has 0 atom stereocenters. The van der Waals surface area contributed by atoms with Gasteiger partial charge in [0.05, 0.1) is 4.90 Å². The summed E-state index contributed by atoms with van der Waals surface area (Å²) >= 11 is 1.88. The van der Waals surface area contributed by atoms with Crippen molar-refractivity contribution in [2.75, 3.05) is 17.2 Å². The Morgan fingerprint density at radius 1 is 1.21 bits per heavy atom. The van der Waals surface area contributed by atoms with E-state index < -0.39 is 10.0 Å². The Morgan fingerprint density at radius 3 is 2.26 bits per heavy atom. The third kappa shape index (κ3) is 3.43. The lowest BCUT2D eigenvalue weighted by Crippen LogP contribution is -2.37. The van der Waals surface area contributed by atoms with Crippen molar-refractivity contribution in [1.82, 2.24) is 4.72 Å².